The van der Waals surface area contributed by atoms with E-state index in [0.717, 1.165) is 25.9 Å². The first-order valence-corrected chi connectivity index (χ1v) is 8.43. The van der Waals surface area contributed by atoms with E-state index >= 15 is 0 Å². The lowest BCUT2D eigenvalue weighted by Crippen LogP contribution is -2.57. The molecule has 1 saturated carbocycles. The third kappa shape index (κ3) is 5.34. The number of unbranched alkanes of at least 4 members (excludes halogenated alkanes) is 5. The molecule has 120 valence electrons. The van der Waals surface area contributed by atoms with Gasteiger partial charge in [0.15, 0.2) is 0 Å². The maximum absolute atomic E-state index is 6.34. The van der Waals surface area contributed by atoms with E-state index in [-0.39, 0.29) is 23.7 Å². The van der Waals surface area contributed by atoms with Gasteiger partial charge in [0.2, 0.25) is 0 Å². The van der Waals surface area contributed by atoms with Crippen molar-refractivity contribution in [2.45, 2.75) is 90.4 Å². The molecule has 0 saturated heterocycles. The first-order valence-electron chi connectivity index (χ1n) is 8.43. The number of nitrogens with two attached hydrogens (primary N) is 1. The number of rotatable bonds is 9. The molecule has 0 aromatic rings. The monoisotopic (exact) mass is 285 g/mol. The predicted octanol–water partition coefficient (Wildman–Crippen LogP) is 3.89. The minimum absolute atomic E-state index is 0.00356. The molecular formula is C17H35NO2. The highest BCUT2D eigenvalue weighted by Gasteiger charge is 2.42. The number of ether oxygens (including phenoxy) is 2. The van der Waals surface area contributed by atoms with Crippen molar-refractivity contribution in [3.05, 3.63) is 0 Å². The van der Waals surface area contributed by atoms with Gasteiger partial charge in [-0.25, -0.2) is 0 Å². The van der Waals surface area contributed by atoms with E-state index in [9.17, 15) is 0 Å². The van der Waals surface area contributed by atoms with Crippen LogP contribution in [0.1, 0.15) is 72.1 Å². The summed E-state index contributed by atoms with van der Waals surface area (Å²) >= 11 is 0. The van der Waals surface area contributed by atoms with E-state index in [1.54, 1.807) is 7.11 Å². The highest BCUT2D eigenvalue weighted by atomic mass is 16.5. The lowest BCUT2D eigenvalue weighted by Gasteiger charge is -2.45. The summed E-state index contributed by atoms with van der Waals surface area (Å²) in [6.07, 6.45) is 10.3. The Kier molecular flexibility index (Phi) is 8.08. The van der Waals surface area contributed by atoms with E-state index < -0.39 is 0 Å². The van der Waals surface area contributed by atoms with Crippen LogP contribution in [0.4, 0.5) is 0 Å². The van der Waals surface area contributed by atoms with Crippen molar-refractivity contribution in [1.82, 2.24) is 0 Å². The second-order valence-corrected chi connectivity index (χ2v) is 6.94. The summed E-state index contributed by atoms with van der Waals surface area (Å²) in [5.41, 5.74) is 6.50. The largest absolute Gasteiger partial charge is 0.379 e. The standard InChI is InChI=1S/C17H35NO2/c1-5-6-7-8-9-10-13-20-14-11-12-17(2,3)16(19-4)15(14)18/h14-16H,5-13,18H2,1-4H3/t14-,15-,16-/m1/s1. The van der Waals surface area contributed by atoms with Gasteiger partial charge in [-0.05, 0) is 24.7 Å². The fourth-order valence-electron chi connectivity index (χ4n) is 3.35. The third-order valence-electron chi connectivity index (χ3n) is 4.71. The quantitative estimate of drug-likeness (QED) is 0.654. The van der Waals surface area contributed by atoms with Gasteiger partial charge in [0.1, 0.15) is 0 Å². The molecule has 3 atom stereocenters. The maximum atomic E-state index is 6.34. The zero-order valence-corrected chi connectivity index (χ0v) is 14.0. The molecule has 1 fully saturated rings. The lowest BCUT2D eigenvalue weighted by atomic mass is 9.71. The summed E-state index contributed by atoms with van der Waals surface area (Å²) in [4.78, 5) is 0. The molecule has 1 aliphatic carbocycles. The molecule has 1 rings (SSSR count). The van der Waals surface area contributed by atoms with Crippen LogP contribution in [-0.2, 0) is 9.47 Å². The van der Waals surface area contributed by atoms with Crippen LogP contribution < -0.4 is 5.73 Å². The van der Waals surface area contributed by atoms with Gasteiger partial charge in [0, 0.05) is 13.7 Å². The second kappa shape index (κ2) is 9.01. The fourth-order valence-corrected chi connectivity index (χ4v) is 3.35. The molecule has 0 aromatic heterocycles. The molecule has 1 aliphatic rings. The zero-order valence-electron chi connectivity index (χ0n) is 14.0. The lowest BCUT2D eigenvalue weighted by molar-refractivity contribution is -0.101. The zero-order chi connectivity index (χ0) is 15.0. The molecule has 3 nitrogen and oxygen atoms in total. The van der Waals surface area contributed by atoms with Crippen LogP contribution in [0.2, 0.25) is 0 Å². The van der Waals surface area contributed by atoms with Gasteiger partial charge in [0.25, 0.3) is 0 Å². The molecule has 0 unspecified atom stereocenters. The molecule has 0 spiro atoms. The summed E-state index contributed by atoms with van der Waals surface area (Å²) in [6, 6.07) is 0.00356. The van der Waals surface area contributed by atoms with Crippen molar-refractivity contribution >= 4 is 0 Å². The van der Waals surface area contributed by atoms with Crippen molar-refractivity contribution < 1.29 is 9.47 Å². The van der Waals surface area contributed by atoms with Crippen LogP contribution in [0.5, 0.6) is 0 Å². The van der Waals surface area contributed by atoms with Gasteiger partial charge in [0.05, 0.1) is 18.2 Å². The van der Waals surface area contributed by atoms with Crippen LogP contribution in [0, 0.1) is 5.41 Å². The molecule has 2 N–H and O–H groups in total. The number of hydrogen-bond acceptors (Lipinski definition) is 3. The van der Waals surface area contributed by atoms with E-state index in [1.165, 1.54) is 32.1 Å². The molecule has 0 aromatic carbocycles. The van der Waals surface area contributed by atoms with Crippen molar-refractivity contribution in [3.8, 4) is 0 Å². The average molecular weight is 285 g/mol. The molecule has 3 heteroatoms. The fraction of sp³-hybridized carbons (Fsp3) is 1.00. The topological polar surface area (TPSA) is 44.5 Å². The minimum Gasteiger partial charge on any atom is -0.379 e. The minimum atomic E-state index is 0.00356. The number of methoxy groups -OCH3 is 1. The van der Waals surface area contributed by atoms with Gasteiger partial charge >= 0.3 is 0 Å². The Bertz CT molecular complexity index is 255. The summed E-state index contributed by atoms with van der Waals surface area (Å²) in [6.45, 7) is 7.58. The number of hydrogen-bond donors (Lipinski definition) is 1. The van der Waals surface area contributed by atoms with Gasteiger partial charge in [-0.2, -0.15) is 0 Å². The Labute approximate surface area is 125 Å². The van der Waals surface area contributed by atoms with Crippen molar-refractivity contribution in [2.75, 3.05) is 13.7 Å². The average Bonchev–Trinajstić information content (AvgIpc) is 2.40. The summed E-state index contributed by atoms with van der Waals surface area (Å²) < 4.78 is 11.6. The Morgan fingerprint density at radius 2 is 1.75 bits per heavy atom. The Hall–Kier alpha value is -0.120. The van der Waals surface area contributed by atoms with Crippen LogP contribution in [0.3, 0.4) is 0 Å². The van der Waals surface area contributed by atoms with Crippen molar-refractivity contribution in [3.63, 3.8) is 0 Å². The highest BCUT2D eigenvalue weighted by molar-refractivity contribution is 4.96. The molecule has 0 radical (unpaired) electrons. The van der Waals surface area contributed by atoms with Gasteiger partial charge < -0.3 is 15.2 Å². The molecule has 0 amide bonds. The van der Waals surface area contributed by atoms with E-state index in [0.29, 0.717) is 0 Å². The van der Waals surface area contributed by atoms with Crippen molar-refractivity contribution in [1.29, 1.82) is 0 Å². The van der Waals surface area contributed by atoms with E-state index in [2.05, 4.69) is 20.8 Å². The van der Waals surface area contributed by atoms with Gasteiger partial charge in [-0.1, -0.05) is 52.9 Å². The van der Waals surface area contributed by atoms with E-state index in [1.807, 2.05) is 0 Å². The molecule has 0 aliphatic heterocycles. The molecule has 0 bridgehead atoms. The van der Waals surface area contributed by atoms with E-state index in [4.69, 9.17) is 15.2 Å². The first-order chi connectivity index (χ1) is 9.53. The van der Waals surface area contributed by atoms with Crippen molar-refractivity contribution in [2.24, 2.45) is 11.1 Å². The van der Waals surface area contributed by atoms with Crippen LogP contribution >= 0.6 is 0 Å². The van der Waals surface area contributed by atoms with Gasteiger partial charge in [-0.3, -0.25) is 0 Å². The Balaban J connectivity index is 2.21. The van der Waals surface area contributed by atoms with Crippen LogP contribution in [-0.4, -0.2) is 32.0 Å². The molecule has 20 heavy (non-hydrogen) atoms. The first kappa shape index (κ1) is 17.9. The SMILES string of the molecule is CCCCCCCCO[C@@H]1CCC(C)(C)[C@H](OC)[C@@H]1N. The maximum Gasteiger partial charge on any atom is 0.0798 e. The Morgan fingerprint density at radius 3 is 2.40 bits per heavy atom. The predicted molar refractivity (Wildman–Crippen MR) is 84.9 cm³/mol. The van der Waals surface area contributed by atoms with Crippen LogP contribution in [0.25, 0.3) is 0 Å². The summed E-state index contributed by atoms with van der Waals surface area (Å²) in [5, 5.41) is 0. The molecule has 0 heterocycles. The normalized spacial score (nSPS) is 29.6. The Morgan fingerprint density at radius 1 is 1.10 bits per heavy atom. The molecular weight excluding hydrogens is 250 g/mol. The summed E-state index contributed by atoms with van der Waals surface area (Å²) in [5.74, 6) is 0. The van der Waals surface area contributed by atoms with Crippen LogP contribution in [0.15, 0.2) is 0 Å². The second-order valence-electron chi connectivity index (χ2n) is 6.94. The smallest absolute Gasteiger partial charge is 0.0798 e. The third-order valence-corrected chi connectivity index (χ3v) is 4.71. The summed E-state index contributed by atoms with van der Waals surface area (Å²) in [7, 11) is 1.77. The van der Waals surface area contributed by atoms with Gasteiger partial charge in [-0.15, -0.1) is 0 Å². The highest BCUT2D eigenvalue weighted by Crippen LogP contribution is 2.37.